The second-order valence-corrected chi connectivity index (χ2v) is 10.9. The number of hydrogen-bond acceptors (Lipinski definition) is 2. The molecule has 0 N–H and O–H groups in total. The number of rotatable bonds is 14. The molecular formula is C17H35BrO2S. The summed E-state index contributed by atoms with van der Waals surface area (Å²) in [5, 5.41) is -0.217. The van der Waals surface area contributed by atoms with Crippen LogP contribution in [-0.2, 0) is 9.84 Å². The highest BCUT2D eigenvalue weighted by molar-refractivity contribution is 9.11. The zero-order chi connectivity index (χ0) is 16.1. The van der Waals surface area contributed by atoms with Gasteiger partial charge in [0.1, 0.15) is 4.16 Å². The van der Waals surface area contributed by atoms with Gasteiger partial charge in [-0.3, -0.25) is 0 Å². The Kier molecular flexibility index (Phi) is 13.2. The maximum absolute atomic E-state index is 11.9. The first-order valence-electron chi connectivity index (χ1n) is 8.79. The highest BCUT2D eigenvalue weighted by atomic mass is 79.9. The SMILES string of the molecule is CCCCCCCCCCCCCC(C)S(=O)(=O)C(C)Br. The highest BCUT2D eigenvalue weighted by Crippen LogP contribution is 2.20. The maximum Gasteiger partial charge on any atom is 0.165 e. The lowest BCUT2D eigenvalue weighted by Crippen LogP contribution is -2.24. The number of halogens is 1. The molecule has 0 radical (unpaired) electrons. The Morgan fingerprint density at radius 3 is 1.52 bits per heavy atom. The summed E-state index contributed by atoms with van der Waals surface area (Å²) in [6.45, 7) is 5.79. The minimum Gasteiger partial charge on any atom is -0.227 e. The summed E-state index contributed by atoms with van der Waals surface area (Å²) >= 11 is 3.18. The van der Waals surface area contributed by atoms with E-state index in [2.05, 4.69) is 22.9 Å². The summed E-state index contributed by atoms with van der Waals surface area (Å²) in [5.41, 5.74) is 0. The third kappa shape index (κ3) is 10.7. The van der Waals surface area contributed by atoms with Gasteiger partial charge in [0.25, 0.3) is 0 Å². The Hall–Kier alpha value is 0.430. The van der Waals surface area contributed by atoms with Crippen LogP contribution in [0.4, 0.5) is 0 Å². The molecule has 0 fully saturated rings. The van der Waals surface area contributed by atoms with Crippen LogP contribution in [0.5, 0.6) is 0 Å². The van der Waals surface area contributed by atoms with E-state index >= 15 is 0 Å². The predicted molar refractivity (Wildman–Crippen MR) is 97.8 cm³/mol. The van der Waals surface area contributed by atoms with Crippen LogP contribution in [-0.4, -0.2) is 17.8 Å². The Morgan fingerprint density at radius 1 is 0.762 bits per heavy atom. The molecule has 2 nitrogen and oxygen atoms in total. The van der Waals surface area contributed by atoms with E-state index in [1.807, 2.05) is 6.92 Å². The first-order valence-corrected chi connectivity index (χ1v) is 11.3. The average Bonchev–Trinajstić information content (AvgIpc) is 2.44. The van der Waals surface area contributed by atoms with Crippen molar-refractivity contribution in [1.82, 2.24) is 0 Å². The second-order valence-electron chi connectivity index (χ2n) is 6.27. The van der Waals surface area contributed by atoms with Crippen LogP contribution in [0.2, 0.25) is 0 Å². The van der Waals surface area contributed by atoms with Crippen LogP contribution in [0, 0.1) is 0 Å². The van der Waals surface area contributed by atoms with E-state index in [1.54, 1.807) is 6.92 Å². The van der Waals surface area contributed by atoms with Crippen molar-refractivity contribution in [1.29, 1.82) is 0 Å². The molecule has 0 aromatic heterocycles. The molecule has 0 bridgehead atoms. The highest BCUT2D eigenvalue weighted by Gasteiger charge is 2.24. The molecule has 128 valence electrons. The lowest BCUT2D eigenvalue weighted by molar-refractivity contribution is 0.535. The number of sulfone groups is 1. The summed E-state index contributed by atoms with van der Waals surface area (Å²) in [6.07, 6.45) is 15.2. The lowest BCUT2D eigenvalue weighted by atomic mass is 10.0. The van der Waals surface area contributed by atoms with Gasteiger partial charge in [-0.2, -0.15) is 0 Å². The van der Waals surface area contributed by atoms with Crippen molar-refractivity contribution in [3.63, 3.8) is 0 Å². The first kappa shape index (κ1) is 21.4. The number of unbranched alkanes of at least 4 members (excludes halogenated alkanes) is 10. The number of alkyl halides is 1. The largest absolute Gasteiger partial charge is 0.227 e. The summed E-state index contributed by atoms with van der Waals surface area (Å²) < 4.78 is 23.4. The topological polar surface area (TPSA) is 34.1 Å². The van der Waals surface area contributed by atoms with Crippen molar-refractivity contribution < 1.29 is 8.42 Å². The van der Waals surface area contributed by atoms with Crippen molar-refractivity contribution in [2.75, 3.05) is 0 Å². The standard InChI is InChI=1S/C17H35BrO2S/c1-4-5-6-7-8-9-10-11-12-13-14-15-16(2)21(19,20)17(3)18/h16-17H,4-15H2,1-3H3. The van der Waals surface area contributed by atoms with Crippen LogP contribution in [0.1, 0.15) is 97.8 Å². The van der Waals surface area contributed by atoms with E-state index in [0.717, 1.165) is 12.8 Å². The van der Waals surface area contributed by atoms with Crippen molar-refractivity contribution in [2.45, 2.75) is 107 Å². The zero-order valence-electron chi connectivity index (χ0n) is 14.2. The van der Waals surface area contributed by atoms with Gasteiger partial charge in [-0.1, -0.05) is 93.5 Å². The monoisotopic (exact) mass is 382 g/mol. The van der Waals surface area contributed by atoms with Gasteiger partial charge in [0.05, 0.1) is 5.25 Å². The van der Waals surface area contributed by atoms with E-state index in [4.69, 9.17) is 0 Å². The van der Waals surface area contributed by atoms with Gasteiger partial charge < -0.3 is 0 Å². The summed E-state index contributed by atoms with van der Waals surface area (Å²) in [6, 6.07) is 0. The Labute approximate surface area is 141 Å². The van der Waals surface area contributed by atoms with Crippen LogP contribution in [0.3, 0.4) is 0 Å². The molecule has 0 aliphatic carbocycles. The molecule has 4 heteroatoms. The van der Waals surface area contributed by atoms with Gasteiger partial charge in [0.15, 0.2) is 9.84 Å². The van der Waals surface area contributed by atoms with Crippen molar-refractivity contribution in [3.8, 4) is 0 Å². The van der Waals surface area contributed by atoms with Gasteiger partial charge in [0.2, 0.25) is 0 Å². The van der Waals surface area contributed by atoms with Crippen LogP contribution >= 0.6 is 15.9 Å². The van der Waals surface area contributed by atoms with Gasteiger partial charge in [-0.05, 0) is 20.3 Å². The normalized spacial score (nSPS) is 15.0. The third-order valence-corrected chi connectivity index (χ3v) is 8.05. The van der Waals surface area contributed by atoms with E-state index in [0.29, 0.717) is 0 Å². The quantitative estimate of drug-likeness (QED) is 0.263. The Morgan fingerprint density at radius 2 is 1.14 bits per heavy atom. The predicted octanol–water partition coefficient (Wildman–Crippen LogP) is 6.23. The number of hydrogen-bond donors (Lipinski definition) is 0. The average molecular weight is 383 g/mol. The fraction of sp³-hybridized carbons (Fsp3) is 1.00. The third-order valence-electron chi connectivity index (χ3n) is 4.23. The van der Waals surface area contributed by atoms with E-state index in [-0.39, 0.29) is 5.25 Å². The molecule has 0 aromatic rings. The fourth-order valence-corrected chi connectivity index (χ4v) is 4.82. The first-order chi connectivity index (χ1) is 9.92. The molecule has 2 unspecified atom stereocenters. The van der Waals surface area contributed by atoms with Crippen molar-refractivity contribution in [3.05, 3.63) is 0 Å². The molecule has 0 aromatic carbocycles. The molecule has 0 rings (SSSR count). The molecule has 0 aliphatic rings. The molecule has 0 saturated heterocycles. The molecule has 0 amide bonds. The van der Waals surface area contributed by atoms with E-state index < -0.39 is 14.0 Å². The molecule has 0 spiro atoms. The zero-order valence-corrected chi connectivity index (χ0v) is 16.6. The summed E-state index contributed by atoms with van der Waals surface area (Å²) in [5.74, 6) is 0. The minimum absolute atomic E-state index is 0.217. The Balaban J connectivity index is 3.41. The molecule has 2 atom stereocenters. The van der Waals surface area contributed by atoms with Gasteiger partial charge in [-0.25, -0.2) is 8.42 Å². The maximum atomic E-state index is 11.9. The van der Waals surface area contributed by atoms with E-state index in [9.17, 15) is 8.42 Å². The van der Waals surface area contributed by atoms with Crippen LogP contribution in [0.15, 0.2) is 0 Å². The molecule has 0 aliphatic heterocycles. The summed E-state index contributed by atoms with van der Waals surface area (Å²) in [4.78, 5) is 0. The van der Waals surface area contributed by atoms with Crippen molar-refractivity contribution in [2.24, 2.45) is 0 Å². The molecule has 21 heavy (non-hydrogen) atoms. The van der Waals surface area contributed by atoms with Gasteiger partial charge in [-0.15, -0.1) is 0 Å². The second kappa shape index (κ2) is 12.9. The van der Waals surface area contributed by atoms with Crippen LogP contribution in [0.25, 0.3) is 0 Å². The van der Waals surface area contributed by atoms with Crippen molar-refractivity contribution >= 4 is 25.8 Å². The Bertz CT molecular complexity index is 326. The molecular weight excluding hydrogens is 348 g/mol. The molecule has 0 heterocycles. The van der Waals surface area contributed by atoms with Crippen LogP contribution < -0.4 is 0 Å². The molecule has 0 saturated carbocycles. The minimum atomic E-state index is -2.97. The lowest BCUT2D eigenvalue weighted by Gasteiger charge is -2.14. The van der Waals surface area contributed by atoms with Gasteiger partial charge >= 0.3 is 0 Å². The van der Waals surface area contributed by atoms with E-state index in [1.165, 1.54) is 64.2 Å². The van der Waals surface area contributed by atoms with Gasteiger partial charge in [0, 0.05) is 0 Å². The smallest absolute Gasteiger partial charge is 0.165 e. The fourth-order valence-electron chi connectivity index (χ4n) is 2.58. The summed E-state index contributed by atoms with van der Waals surface area (Å²) in [7, 11) is -2.97.